The maximum absolute atomic E-state index is 12.5. The molecule has 1 unspecified atom stereocenters. The minimum atomic E-state index is -1.32. The lowest BCUT2D eigenvalue weighted by Gasteiger charge is -2.36. The lowest BCUT2D eigenvalue weighted by molar-refractivity contribution is -0.114. The number of hydrogen-bond acceptors (Lipinski definition) is 5. The predicted molar refractivity (Wildman–Crippen MR) is 120 cm³/mol. The van der Waals surface area contributed by atoms with E-state index in [2.05, 4.69) is 39.4 Å². The van der Waals surface area contributed by atoms with Crippen LogP contribution in [0.2, 0.25) is 0 Å². The van der Waals surface area contributed by atoms with Crippen LogP contribution in [0.5, 0.6) is 0 Å². The van der Waals surface area contributed by atoms with Gasteiger partial charge in [-0.3, -0.25) is 18.7 Å². The zero-order valence-corrected chi connectivity index (χ0v) is 17.8. The Morgan fingerprint density at radius 3 is 2.53 bits per heavy atom. The van der Waals surface area contributed by atoms with E-state index in [-0.39, 0.29) is 17.4 Å². The van der Waals surface area contributed by atoms with Gasteiger partial charge < -0.3 is 10.2 Å². The molecule has 2 heterocycles. The number of carbonyl (C=O) groups is 2. The second-order valence-corrected chi connectivity index (χ2v) is 9.21. The van der Waals surface area contributed by atoms with Crippen molar-refractivity contribution in [1.29, 1.82) is 0 Å². The zero-order valence-electron chi connectivity index (χ0n) is 17.0. The molecule has 6 nitrogen and oxygen atoms in total. The van der Waals surface area contributed by atoms with Gasteiger partial charge in [0.25, 0.3) is 0 Å². The molecule has 2 aromatic carbocycles. The Hall–Kier alpha value is -2.51. The average Bonchev–Trinajstić information content (AvgIpc) is 2.77. The Kier molecular flexibility index (Phi) is 6.59. The minimum absolute atomic E-state index is 0.0140. The van der Waals surface area contributed by atoms with Crippen molar-refractivity contribution in [2.75, 3.05) is 48.7 Å². The Balaban J connectivity index is 1.20. The van der Waals surface area contributed by atoms with Crippen LogP contribution >= 0.6 is 0 Å². The molecule has 0 saturated carbocycles. The van der Waals surface area contributed by atoms with Gasteiger partial charge in [-0.2, -0.15) is 0 Å². The number of para-hydroxylation sites is 1. The van der Waals surface area contributed by atoms with Crippen molar-refractivity contribution < 1.29 is 13.8 Å². The maximum Gasteiger partial charge on any atom is 0.237 e. The molecular weight excluding hydrogens is 398 g/mol. The highest BCUT2D eigenvalue weighted by Crippen LogP contribution is 2.26. The van der Waals surface area contributed by atoms with Crippen molar-refractivity contribution in [1.82, 2.24) is 4.90 Å². The Morgan fingerprint density at radius 2 is 1.77 bits per heavy atom. The highest BCUT2D eigenvalue weighted by atomic mass is 32.2. The van der Waals surface area contributed by atoms with Gasteiger partial charge in [0.05, 0.1) is 21.4 Å². The van der Waals surface area contributed by atoms with E-state index in [0.717, 1.165) is 45.6 Å². The van der Waals surface area contributed by atoms with Gasteiger partial charge in [-0.15, -0.1) is 0 Å². The number of nitrogens with zero attached hydrogens (tertiary/aromatic N) is 2. The van der Waals surface area contributed by atoms with Crippen LogP contribution in [0.25, 0.3) is 0 Å². The maximum atomic E-state index is 12.5. The van der Waals surface area contributed by atoms with Crippen molar-refractivity contribution in [2.24, 2.45) is 0 Å². The zero-order chi connectivity index (χ0) is 20.9. The molecule has 1 fully saturated rings. The molecule has 0 radical (unpaired) electrons. The quantitative estimate of drug-likeness (QED) is 0.546. The van der Waals surface area contributed by atoms with Crippen molar-refractivity contribution in [3.8, 4) is 0 Å². The molecule has 2 aromatic rings. The third kappa shape index (κ3) is 4.96. The summed E-state index contributed by atoms with van der Waals surface area (Å²) in [4.78, 5) is 29.6. The van der Waals surface area contributed by atoms with Crippen molar-refractivity contribution in [3.63, 3.8) is 0 Å². The van der Waals surface area contributed by atoms with E-state index in [1.54, 1.807) is 18.2 Å². The Bertz CT molecular complexity index is 940. The van der Waals surface area contributed by atoms with Crippen LogP contribution in [-0.2, 0) is 15.6 Å². The number of rotatable bonds is 7. The van der Waals surface area contributed by atoms with Gasteiger partial charge in [-0.25, -0.2) is 0 Å². The average molecular weight is 426 g/mol. The summed E-state index contributed by atoms with van der Waals surface area (Å²) in [7, 11) is -1.32. The summed E-state index contributed by atoms with van der Waals surface area (Å²) in [5.74, 6) is -0.213. The summed E-state index contributed by atoms with van der Waals surface area (Å²) in [5, 5.41) is 2.72. The Morgan fingerprint density at radius 1 is 1.00 bits per heavy atom. The van der Waals surface area contributed by atoms with Crippen molar-refractivity contribution in [3.05, 3.63) is 54.1 Å². The first-order chi connectivity index (χ1) is 14.6. The molecule has 30 heavy (non-hydrogen) atoms. The molecule has 1 amide bonds. The van der Waals surface area contributed by atoms with Crippen LogP contribution < -0.4 is 10.2 Å². The van der Waals surface area contributed by atoms with E-state index in [1.807, 2.05) is 6.07 Å². The van der Waals surface area contributed by atoms with Crippen LogP contribution in [0.15, 0.2) is 53.4 Å². The summed E-state index contributed by atoms with van der Waals surface area (Å²) in [6.45, 7) is 5.17. The highest BCUT2D eigenvalue weighted by Gasteiger charge is 2.22. The molecule has 158 valence electrons. The number of hydrogen-bond donors (Lipinski definition) is 1. The van der Waals surface area contributed by atoms with E-state index in [4.69, 9.17) is 0 Å². The molecule has 7 heteroatoms. The Labute approximate surface area is 179 Å². The van der Waals surface area contributed by atoms with E-state index in [9.17, 15) is 13.8 Å². The lowest BCUT2D eigenvalue weighted by atomic mass is 10.0. The van der Waals surface area contributed by atoms with Gasteiger partial charge >= 0.3 is 0 Å². The minimum Gasteiger partial charge on any atom is -0.369 e. The van der Waals surface area contributed by atoms with Crippen LogP contribution in [-0.4, -0.2) is 59.3 Å². The number of carbonyl (C=O) groups excluding carboxylic acids is 2. The van der Waals surface area contributed by atoms with Crippen molar-refractivity contribution in [2.45, 2.75) is 24.2 Å². The van der Waals surface area contributed by atoms with Crippen molar-refractivity contribution >= 4 is 33.9 Å². The number of anilines is 2. The molecule has 0 spiro atoms. The van der Waals surface area contributed by atoms with E-state index in [0.29, 0.717) is 22.6 Å². The number of amides is 1. The van der Waals surface area contributed by atoms with Gasteiger partial charge in [-0.05, 0) is 43.7 Å². The SMILES string of the molecule is O=C1CS(=O)c2ccc(C(=O)CCCCN3CCN(c4ccccc4)CC3)cc2N1. The molecule has 0 aromatic heterocycles. The number of piperazine rings is 1. The largest absolute Gasteiger partial charge is 0.369 e. The third-order valence-electron chi connectivity index (χ3n) is 5.70. The molecular formula is C23H27N3O3S. The first-order valence-corrected chi connectivity index (χ1v) is 11.8. The number of nitrogens with one attached hydrogen (secondary N) is 1. The summed E-state index contributed by atoms with van der Waals surface area (Å²) >= 11 is 0. The van der Waals surface area contributed by atoms with Crippen LogP contribution in [0.4, 0.5) is 11.4 Å². The summed E-state index contributed by atoms with van der Waals surface area (Å²) in [5.41, 5.74) is 2.36. The first-order valence-electron chi connectivity index (χ1n) is 10.5. The summed E-state index contributed by atoms with van der Waals surface area (Å²) < 4.78 is 12.0. The molecule has 0 bridgehead atoms. The molecule has 0 aliphatic carbocycles. The van der Waals surface area contributed by atoms with E-state index in [1.165, 1.54) is 5.69 Å². The highest BCUT2D eigenvalue weighted by molar-refractivity contribution is 7.86. The molecule has 2 aliphatic rings. The number of benzene rings is 2. The third-order valence-corrected chi connectivity index (χ3v) is 7.08. The smallest absolute Gasteiger partial charge is 0.237 e. The fourth-order valence-corrected chi connectivity index (χ4v) is 5.06. The normalized spacial score (nSPS) is 19.3. The fourth-order valence-electron chi connectivity index (χ4n) is 4.02. The van der Waals surface area contributed by atoms with Crippen LogP contribution in [0.1, 0.15) is 29.6 Å². The van der Waals surface area contributed by atoms with Gasteiger partial charge in [0.1, 0.15) is 5.75 Å². The molecule has 2 aliphatic heterocycles. The molecule has 1 atom stereocenters. The monoisotopic (exact) mass is 425 g/mol. The van der Waals surface area contributed by atoms with E-state index >= 15 is 0 Å². The summed E-state index contributed by atoms with van der Waals surface area (Å²) in [6, 6.07) is 15.6. The summed E-state index contributed by atoms with van der Waals surface area (Å²) in [6.07, 6.45) is 2.32. The number of fused-ring (bicyclic) bond motifs is 1. The van der Waals surface area contributed by atoms with Crippen LogP contribution in [0, 0.1) is 0 Å². The van der Waals surface area contributed by atoms with Crippen LogP contribution in [0.3, 0.4) is 0 Å². The second kappa shape index (κ2) is 9.53. The van der Waals surface area contributed by atoms with Gasteiger partial charge in [0.2, 0.25) is 5.91 Å². The number of unbranched alkanes of at least 4 members (excludes halogenated alkanes) is 1. The molecule has 1 saturated heterocycles. The van der Waals surface area contributed by atoms with E-state index < -0.39 is 10.8 Å². The topological polar surface area (TPSA) is 69.7 Å². The van der Waals surface area contributed by atoms with Gasteiger partial charge in [0.15, 0.2) is 5.78 Å². The predicted octanol–water partition coefficient (Wildman–Crippen LogP) is 2.92. The lowest BCUT2D eigenvalue weighted by Crippen LogP contribution is -2.46. The molecule has 1 N–H and O–H groups in total. The second-order valence-electron chi connectivity index (χ2n) is 7.79. The van der Waals surface area contributed by atoms with Gasteiger partial charge in [0, 0.05) is 43.9 Å². The molecule has 4 rings (SSSR count). The van der Waals surface area contributed by atoms with Gasteiger partial charge in [-0.1, -0.05) is 24.3 Å². The standard InChI is InChI=1S/C23H27N3O3S/c27-21(18-9-10-22-20(16-18)24-23(28)17-30(22)29)8-4-5-11-25-12-14-26(15-13-25)19-6-2-1-3-7-19/h1-3,6-7,9-10,16H,4-5,8,11-15,17H2,(H,24,28). The number of ketones is 1. The first kappa shape index (κ1) is 20.8. The number of Topliss-reactive ketones (excluding diaryl/α,β-unsaturated/α-hetero) is 1. The fraction of sp³-hybridized carbons (Fsp3) is 0.391.